The SMILES string of the molecule is CCNCC1CCCN(S(=O)(=O)NCC2CCCO2)C1. The first-order valence-corrected chi connectivity index (χ1v) is 9.13. The van der Waals surface area contributed by atoms with Gasteiger partial charge in [0.2, 0.25) is 0 Å². The van der Waals surface area contributed by atoms with Gasteiger partial charge in [-0.3, -0.25) is 0 Å². The topological polar surface area (TPSA) is 70.7 Å². The Morgan fingerprint density at radius 1 is 1.25 bits per heavy atom. The second-order valence-electron chi connectivity index (χ2n) is 5.66. The van der Waals surface area contributed by atoms with Crippen LogP contribution in [-0.4, -0.2) is 58.2 Å². The molecule has 2 unspecified atom stereocenters. The zero-order valence-corrected chi connectivity index (χ0v) is 13.1. The van der Waals surface area contributed by atoms with Crippen molar-refractivity contribution in [3.8, 4) is 0 Å². The molecule has 2 rings (SSSR count). The largest absolute Gasteiger partial charge is 0.377 e. The van der Waals surface area contributed by atoms with Gasteiger partial charge >= 0.3 is 0 Å². The first kappa shape index (κ1) is 16.2. The molecule has 2 aliphatic rings. The molecule has 7 heteroatoms. The molecule has 2 atom stereocenters. The molecule has 0 spiro atoms. The summed E-state index contributed by atoms with van der Waals surface area (Å²) >= 11 is 0. The van der Waals surface area contributed by atoms with E-state index in [0.29, 0.717) is 25.6 Å². The quantitative estimate of drug-likeness (QED) is 0.711. The number of nitrogens with one attached hydrogen (secondary N) is 2. The van der Waals surface area contributed by atoms with Gasteiger partial charge in [-0.25, -0.2) is 0 Å². The highest BCUT2D eigenvalue weighted by Gasteiger charge is 2.29. The van der Waals surface area contributed by atoms with Crippen molar-refractivity contribution in [1.29, 1.82) is 0 Å². The molecule has 0 bridgehead atoms. The minimum Gasteiger partial charge on any atom is -0.377 e. The lowest BCUT2D eigenvalue weighted by Crippen LogP contribution is -2.48. The zero-order valence-electron chi connectivity index (χ0n) is 12.3. The molecule has 6 nitrogen and oxygen atoms in total. The van der Waals surface area contributed by atoms with Crippen LogP contribution in [0.5, 0.6) is 0 Å². The maximum atomic E-state index is 12.3. The van der Waals surface area contributed by atoms with Gasteiger partial charge in [-0.05, 0) is 44.7 Å². The van der Waals surface area contributed by atoms with E-state index in [1.165, 1.54) is 0 Å². The van der Waals surface area contributed by atoms with E-state index < -0.39 is 10.2 Å². The van der Waals surface area contributed by atoms with Crippen LogP contribution in [0.3, 0.4) is 0 Å². The Morgan fingerprint density at radius 2 is 2.10 bits per heavy atom. The summed E-state index contributed by atoms with van der Waals surface area (Å²) in [5.74, 6) is 0.419. The Morgan fingerprint density at radius 3 is 2.80 bits per heavy atom. The molecule has 118 valence electrons. The summed E-state index contributed by atoms with van der Waals surface area (Å²) in [4.78, 5) is 0. The molecule has 0 aromatic carbocycles. The summed E-state index contributed by atoms with van der Waals surface area (Å²) in [5, 5.41) is 3.30. The Kier molecular flexibility index (Phi) is 6.22. The van der Waals surface area contributed by atoms with Crippen molar-refractivity contribution < 1.29 is 13.2 Å². The molecule has 2 saturated heterocycles. The van der Waals surface area contributed by atoms with E-state index in [4.69, 9.17) is 4.74 Å². The summed E-state index contributed by atoms with van der Waals surface area (Å²) < 4.78 is 34.3. The van der Waals surface area contributed by atoms with Gasteiger partial charge in [0.05, 0.1) is 6.10 Å². The fourth-order valence-electron chi connectivity index (χ4n) is 2.86. The summed E-state index contributed by atoms with van der Waals surface area (Å²) in [6, 6.07) is 0. The van der Waals surface area contributed by atoms with E-state index in [1.807, 2.05) is 0 Å². The van der Waals surface area contributed by atoms with Crippen molar-refractivity contribution in [3.63, 3.8) is 0 Å². The van der Waals surface area contributed by atoms with Gasteiger partial charge in [-0.1, -0.05) is 6.92 Å². The van der Waals surface area contributed by atoms with Crippen LogP contribution in [0.2, 0.25) is 0 Å². The summed E-state index contributed by atoms with van der Waals surface area (Å²) in [7, 11) is -3.35. The third-order valence-corrected chi connectivity index (χ3v) is 5.56. The van der Waals surface area contributed by atoms with Crippen molar-refractivity contribution in [2.45, 2.75) is 38.7 Å². The molecule has 2 fully saturated rings. The summed E-state index contributed by atoms with van der Waals surface area (Å²) in [5.41, 5.74) is 0. The van der Waals surface area contributed by atoms with Crippen LogP contribution in [0.1, 0.15) is 32.6 Å². The second kappa shape index (κ2) is 7.70. The third kappa shape index (κ3) is 4.66. The normalized spacial score (nSPS) is 28.9. The fraction of sp³-hybridized carbons (Fsp3) is 1.00. The maximum absolute atomic E-state index is 12.3. The highest BCUT2D eigenvalue weighted by atomic mass is 32.2. The van der Waals surface area contributed by atoms with E-state index in [1.54, 1.807) is 4.31 Å². The predicted octanol–water partition coefficient (Wildman–Crippen LogP) is 0.321. The lowest BCUT2D eigenvalue weighted by atomic mass is 10.00. The number of ether oxygens (including phenoxy) is 1. The van der Waals surface area contributed by atoms with E-state index in [0.717, 1.165) is 45.4 Å². The summed E-state index contributed by atoms with van der Waals surface area (Å²) in [6.45, 7) is 6.30. The monoisotopic (exact) mass is 305 g/mol. The van der Waals surface area contributed by atoms with E-state index in [-0.39, 0.29) is 6.10 Å². The zero-order chi connectivity index (χ0) is 14.4. The van der Waals surface area contributed by atoms with Crippen LogP contribution in [0.25, 0.3) is 0 Å². The van der Waals surface area contributed by atoms with Crippen molar-refractivity contribution in [2.24, 2.45) is 5.92 Å². The van der Waals surface area contributed by atoms with Gasteiger partial charge < -0.3 is 10.1 Å². The molecule has 20 heavy (non-hydrogen) atoms. The smallest absolute Gasteiger partial charge is 0.279 e. The van der Waals surface area contributed by atoms with Crippen LogP contribution in [0.4, 0.5) is 0 Å². The van der Waals surface area contributed by atoms with Gasteiger partial charge in [0.25, 0.3) is 10.2 Å². The average molecular weight is 305 g/mol. The molecular weight excluding hydrogens is 278 g/mol. The Hall–Kier alpha value is -0.210. The highest BCUT2D eigenvalue weighted by molar-refractivity contribution is 7.87. The summed E-state index contributed by atoms with van der Waals surface area (Å²) in [6.07, 6.45) is 4.07. The van der Waals surface area contributed by atoms with Gasteiger partial charge in [0.15, 0.2) is 0 Å². The lowest BCUT2D eigenvalue weighted by molar-refractivity contribution is 0.114. The minimum absolute atomic E-state index is 0.0483. The molecule has 0 aliphatic carbocycles. The Balaban J connectivity index is 1.81. The third-order valence-electron chi connectivity index (χ3n) is 4.02. The molecule has 0 aromatic rings. The highest BCUT2D eigenvalue weighted by Crippen LogP contribution is 2.18. The van der Waals surface area contributed by atoms with Gasteiger partial charge in [0, 0.05) is 26.2 Å². The first-order valence-electron chi connectivity index (χ1n) is 7.69. The van der Waals surface area contributed by atoms with Crippen molar-refractivity contribution in [1.82, 2.24) is 14.3 Å². The van der Waals surface area contributed by atoms with Gasteiger partial charge in [0.1, 0.15) is 0 Å². The first-order chi connectivity index (χ1) is 9.62. The molecule has 2 heterocycles. The van der Waals surface area contributed by atoms with Crippen molar-refractivity contribution >= 4 is 10.2 Å². The second-order valence-corrected chi connectivity index (χ2v) is 7.42. The minimum atomic E-state index is -3.35. The standard InChI is InChI=1S/C13H27N3O3S/c1-2-14-9-12-5-3-7-16(11-12)20(17,18)15-10-13-6-4-8-19-13/h12-15H,2-11H2,1H3. The van der Waals surface area contributed by atoms with Gasteiger partial charge in [-0.2, -0.15) is 17.4 Å². The molecule has 2 N–H and O–H groups in total. The lowest BCUT2D eigenvalue weighted by Gasteiger charge is -2.32. The molecule has 0 aromatic heterocycles. The number of piperidine rings is 1. The van der Waals surface area contributed by atoms with Crippen LogP contribution >= 0.6 is 0 Å². The Labute approximate surface area is 122 Å². The molecule has 2 aliphatic heterocycles. The number of nitrogens with zero attached hydrogens (tertiary/aromatic N) is 1. The fourth-order valence-corrected chi connectivity index (χ4v) is 4.21. The van der Waals surface area contributed by atoms with Crippen molar-refractivity contribution in [2.75, 3.05) is 39.3 Å². The maximum Gasteiger partial charge on any atom is 0.279 e. The van der Waals surface area contributed by atoms with E-state index >= 15 is 0 Å². The van der Waals surface area contributed by atoms with Crippen LogP contribution in [0, 0.1) is 5.92 Å². The predicted molar refractivity (Wildman–Crippen MR) is 78.7 cm³/mol. The molecular formula is C13H27N3O3S. The van der Waals surface area contributed by atoms with Crippen molar-refractivity contribution in [3.05, 3.63) is 0 Å². The van der Waals surface area contributed by atoms with Crippen LogP contribution < -0.4 is 10.0 Å². The van der Waals surface area contributed by atoms with E-state index in [2.05, 4.69) is 17.0 Å². The van der Waals surface area contributed by atoms with Gasteiger partial charge in [-0.15, -0.1) is 0 Å². The molecule has 0 radical (unpaired) electrons. The number of hydrogen-bond donors (Lipinski definition) is 2. The number of rotatable bonds is 7. The average Bonchev–Trinajstić information content (AvgIpc) is 2.97. The van der Waals surface area contributed by atoms with Crippen LogP contribution in [0.15, 0.2) is 0 Å². The molecule has 0 amide bonds. The Bertz CT molecular complexity index is 382. The molecule has 0 saturated carbocycles. The van der Waals surface area contributed by atoms with E-state index in [9.17, 15) is 8.42 Å². The van der Waals surface area contributed by atoms with Crippen LogP contribution in [-0.2, 0) is 14.9 Å². The number of hydrogen-bond acceptors (Lipinski definition) is 4.